The maximum absolute atomic E-state index is 11.7. The van der Waals surface area contributed by atoms with Crippen molar-refractivity contribution in [1.82, 2.24) is 20.8 Å². The van der Waals surface area contributed by atoms with E-state index < -0.39 is 5.60 Å². The van der Waals surface area contributed by atoms with E-state index in [9.17, 15) is 9.90 Å². The number of nitrogens with one attached hydrogen (secondary N) is 3. The molecule has 1 unspecified atom stereocenters. The highest BCUT2D eigenvalue weighted by atomic mass is 16.4. The van der Waals surface area contributed by atoms with Gasteiger partial charge in [0, 0.05) is 12.2 Å². The number of urea groups is 1. The van der Waals surface area contributed by atoms with Crippen molar-refractivity contribution in [2.75, 3.05) is 13.1 Å². The van der Waals surface area contributed by atoms with Crippen LogP contribution < -0.4 is 10.6 Å². The Kier molecular flexibility index (Phi) is 5.21. The van der Waals surface area contributed by atoms with Gasteiger partial charge < -0.3 is 20.2 Å². The Morgan fingerprint density at radius 2 is 2.32 bits per heavy atom. The van der Waals surface area contributed by atoms with Crippen molar-refractivity contribution >= 4 is 6.03 Å². The Labute approximate surface area is 129 Å². The molecule has 0 aromatic carbocycles. The van der Waals surface area contributed by atoms with E-state index in [1.165, 1.54) is 6.26 Å². The highest BCUT2D eigenvalue weighted by molar-refractivity contribution is 5.73. The monoisotopic (exact) mass is 306 g/mol. The summed E-state index contributed by atoms with van der Waals surface area (Å²) < 4.78 is 5.15. The fraction of sp³-hybridized carbons (Fsp3) is 0.467. The number of rotatable bonds is 7. The van der Waals surface area contributed by atoms with Gasteiger partial charge in [0.2, 0.25) is 0 Å². The molecule has 7 nitrogen and oxygen atoms in total. The largest absolute Gasteiger partial charge is 0.466 e. The molecule has 1 atom stereocenters. The Morgan fingerprint density at radius 3 is 2.95 bits per heavy atom. The van der Waals surface area contributed by atoms with Crippen molar-refractivity contribution < 1.29 is 14.3 Å². The molecule has 22 heavy (non-hydrogen) atoms. The molecule has 0 aliphatic carbocycles. The lowest BCUT2D eigenvalue weighted by molar-refractivity contribution is 0.0367. The first kappa shape index (κ1) is 16.1. The third kappa shape index (κ3) is 4.36. The summed E-state index contributed by atoms with van der Waals surface area (Å²) in [5.41, 5.74) is 0.983. The summed E-state index contributed by atoms with van der Waals surface area (Å²) in [4.78, 5) is 11.7. The zero-order valence-electron chi connectivity index (χ0n) is 12.8. The molecule has 0 saturated carbocycles. The van der Waals surface area contributed by atoms with Crippen LogP contribution >= 0.6 is 0 Å². The minimum absolute atomic E-state index is 0.0766. The van der Waals surface area contributed by atoms with Crippen LogP contribution in [0.4, 0.5) is 4.79 Å². The molecule has 0 aliphatic heterocycles. The van der Waals surface area contributed by atoms with Crippen LogP contribution in [-0.4, -0.2) is 34.4 Å². The lowest BCUT2D eigenvalue weighted by Crippen LogP contribution is -2.43. The minimum Gasteiger partial charge on any atom is -0.466 e. The van der Waals surface area contributed by atoms with Gasteiger partial charge in [-0.05, 0) is 44.4 Å². The zero-order valence-corrected chi connectivity index (χ0v) is 12.8. The van der Waals surface area contributed by atoms with Gasteiger partial charge in [0.15, 0.2) is 0 Å². The van der Waals surface area contributed by atoms with Gasteiger partial charge in [-0.15, -0.1) is 0 Å². The number of aliphatic hydroxyl groups is 1. The number of carbonyl (C=O) groups excluding carboxylic acids is 1. The number of carbonyl (C=O) groups is 1. The second-order valence-electron chi connectivity index (χ2n) is 5.48. The van der Waals surface area contributed by atoms with Gasteiger partial charge in [-0.2, -0.15) is 5.10 Å². The van der Waals surface area contributed by atoms with Crippen LogP contribution in [0.5, 0.6) is 0 Å². The van der Waals surface area contributed by atoms with E-state index in [1.54, 1.807) is 25.3 Å². The highest BCUT2D eigenvalue weighted by Crippen LogP contribution is 2.19. The first-order valence-corrected chi connectivity index (χ1v) is 7.26. The molecule has 0 bridgehead atoms. The van der Waals surface area contributed by atoms with Crippen LogP contribution in [0.2, 0.25) is 0 Å². The third-order valence-electron chi connectivity index (χ3n) is 3.49. The number of furan rings is 1. The van der Waals surface area contributed by atoms with E-state index in [-0.39, 0.29) is 12.6 Å². The molecule has 0 spiro atoms. The smallest absolute Gasteiger partial charge is 0.314 e. The van der Waals surface area contributed by atoms with Gasteiger partial charge in [-0.1, -0.05) is 0 Å². The molecular formula is C15H22N4O3. The number of hydrogen-bond donors (Lipinski definition) is 4. The second kappa shape index (κ2) is 7.13. The van der Waals surface area contributed by atoms with Crippen molar-refractivity contribution in [1.29, 1.82) is 0 Å². The zero-order chi connectivity index (χ0) is 16.0. The average Bonchev–Trinajstić information content (AvgIpc) is 3.14. The van der Waals surface area contributed by atoms with Crippen LogP contribution in [0.25, 0.3) is 0 Å². The van der Waals surface area contributed by atoms with Crippen LogP contribution in [-0.2, 0) is 12.0 Å². The van der Waals surface area contributed by atoms with Gasteiger partial charge in [0.1, 0.15) is 11.4 Å². The average molecular weight is 306 g/mol. The summed E-state index contributed by atoms with van der Waals surface area (Å²) >= 11 is 0. The molecule has 4 N–H and O–H groups in total. The summed E-state index contributed by atoms with van der Waals surface area (Å²) in [6.07, 6.45) is 4.97. The molecule has 0 aliphatic rings. The Morgan fingerprint density at radius 1 is 1.50 bits per heavy atom. The third-order valence-corrected chi connectivity index (χ3v) is 3.49. The Balaban J connectivity index is 1.65. The van der Waals surface area contributed by atoms with Gasteiger partial charge in [-0.3, -0.25) is 5.10 Å². The van der Waals surface area contributed by atoms with Crippen molar-refractivity contribution in [2.24, 2.45) is 0 Å². The molecule has 2 rings (SSSR count). The predicted molar refractivity (Wildman–Crippen MR) is 81.3 cm³/mol. The highest BCUT2D eigenvalue weighted by Gasteiger charge is 2.26. The normalized spacial score (nSPS) is 13.6. The molecule has 0 fully saturated rings. The number of aromatic nitrogens is 2. The summed E-state index contributed by atoms with van der Waals surface area (Å²) in [6, 6.07) is 3.06. The molecule has 120 valence electrons. The van der Waals surface area contributed by atoms with E-state index in [2.05, 4.69) is 20.8 Å². The summed E-state index contributed by atoms with van der Waals surface area (Å²) in [5.74, 6) is 0.420. The molecule has 2 aromatic rings. The number of hydrogen-bond acceptors (Lipinski definition) is 4. The lowest BCUT2D eigenvalue weighted by atomic mass is 10.0. The number of aryl methyl sites for hydroxylation is 2. The molecule has 2 aromatic heterocycles. The molecule has 2 amide bonds. The standard InChI is InChI=1S/C15H22N4O3/c1-11-12(9-18-19-11)5-3-7-16-14(20)17-10-15(2,21)13-6-4-8-22-13/h4,6,8-9,21H,3,5,7,10H2,1-2H3,(H,18,19)(H2,16,17,20). The van der Waals surface area contributed by atoms with Crippen molar-refractivity contribution in [3.63, 3.8) is 0 Å². The van der Waals surface area contributed by atoms with Crippen molar-refractivity contribution in [3.05, 3.63) is 41.6 Å². The molecule has 2 heterocycles. The van der Waals surface area contributed by atoms with Gasteiger partial charge in [0.25, 0.3) is 0 Å². The SMILES string of the molecule is Cc1[nH]ncc1CCCNC(=O)NCC(C)(O)c1ccco1. The summed E-state index contributed by atoms with van der Waals surface area (Å²) in [5, 5.41) is 22.4. The molecule has 7 heteroatoms. The van der Waals surface area contributed by atoms with Crippen LogP contribution in [0.15, 0.2) is 29.0 Å². The van der Waals surface area contributed by atoms with E-state index in [0.717, 1.165) is 24.1 Å². The van der Waals surface area contributed by atoms with E-state index >= 15 is 0 Å². The Hall–Kier alpha value is -2.28. The summed E-state index contributed by atoms with van der Waals surface area (Å²) in [7, 11) is 0. The number of amides is 2. The molecule has 0 radical (unpaired) electrons. The first-order chi connectivity index (χ1) is 10.5. The maximum Gasteiger partial charge on any atom is 0.314 e. The first-order valence-electron chi connectivity index (χ1n) is 7.26. The quantitative estimate of drug-likeness (QED) is 0.581. The van der Waals surface area contributed by atoms with E-state index in [0.29, 0.717) is 12.3 Å². The maximum atomic E-state index is 11.7. The van der Waals surface area contributed by atoms with Crippen LogP contribution in [0, 0.1) is 6.92 Å². The van der Waals surface area contributed by atoms with Crippen LogP contribution in [0.3, 0.4) is 0 Å². The van der Waals surface area contributed by atoms with Gasteiger partial charge >= 0.3 is 6.03 Å². The predicted octanol–water partition coefficient (Wildman–Crippen LogP) is 1.45. The van der Waals surface area contributed by atoms with Crippen molar-refractivity contribution in [2.45, 2.75) is 32.3 Å². The fourth-order valence-electron chi connectivity index (χ4n) is 2.10. The number of H-pyrrole nitrogens is 1. The van der Waals surface area contributed by atoms with Crippen LogP contribution in [0.1, 0.15) is 30.4 Å². The fourth-order valence-corrected chi connectivity index (χ4v) is 2.10. The van der Waals surface area contributed by atoms with E-state index in [1.807, 2.05) is 6.92 Å². The Bertz CT molecular complexity index is 590. The molecular weight excluding hydrogens is 284 g/mol. The summed E-state index contributed by atoms with van der Waals surface area (Å²) in [6.45, 7) is 4.19. The van der Waals surface area contributed by atoms with Gasteiger partial charge in [-0.25, -0.2) is 4.79 Å². The molecule has 0 saturated heterocycles. The number of nitrogens with zero attached hydrogens (tertiary/aromatic N) is 1. The lowest BCUT2D eigenvalue weighted by Gasteiger charge is -2.21. The van der Waals surface area contributed by atoms with Gasteiger partial charge in [0.05, 0.1) is 19.0 Å². The number of aromatic amines is 1. The minimum atomic E-state index is -1.23. The topological polar surface area (TPSA) is 103 Å². The van der Waals surface area contributed by atoms with Crippen molar-refractivity contribution in [3.8, 4) is 0 Å². The second-order valence-corrected chi connectivity index (χ2v) is 5.48. The van der Waals surface area contributed by atoms with E-state index in [4.69, 9.17) is 4.42 Å².